The summed E-state index contributed by atoms with van der Waals surface area (Å²) < 4.78 is 5.58. The molecule has 0 aromatic carbocycles. The van der Waals surface area contributed by atoms with Crippen LogP contribution in [-0.4, -0.2) is 21.9 Å². The molecule has 4 heteroatoms. The minimum absolute atomic E-state index is 0.102. The lowest BCUT2D eigenvalue weighted by Gasteiger charge is -2.20. The Morgan fingerprint density at radius 1 is 1.27 bits per heavy atom. The van der Waals surface area contributed by atoms with Gasteiger partial charge in [0.25, 0.3) is 0 Å². The molecule has 2 rings (SSSR count). The summed E-state index contributed by atoms with van der Waals surface area (Å²) in [4.78, 5) is 19.2. The summed E-state index contributed by atoms with van der Waals surface area (Å²) in [6.45, 7) is 1.93. The number of carbonyl (C=O) groups excluding carboxylic acids is 1. The van der Waals surface area contributed by atoms with Crippen LogP contribution in [0.3, 0.4) is 0 Å². The second-order valence-corrected chi connectivity index (χ2v) is 3.90. The molecule has 80 valence electrons. The van der Waals surface area contributed by atoms with Gasteiger partial charge in [0.1, 0.15) is 11.9 Å². The zero-order valence-corrected chi connectivity index (χ0v) is 8.77. The highest BCUT2D eigenvalue weighted by atomic mass is 16.5. The summed E-state index contributed by atoms with van der Waals surface area (Å²) in [6, 6.07) is 0.417. The van der Waals surface area contributed by atoms with Crippen molar-refractivity contribution in [3.63, 3.8) is 0 Å². The van der Waals surface area contributed by atoms with Crippen molar-refractivity contribution >= 4 is 5.78 Å². The maximum absolute atomic E-state index is 11.0. The van der Waals surface area contributed by atoms with Crippen molar-refractivity contribution in [3.05, 3.63) is 18.0 Å². The molecule has 4 nitrogen and oxygen atoms in total. The van der Waals surface area contributed by atoms with Crippen LogP contribution in [0.25, 0.3) is 0 Å². The third-order valence-electron chi connectivity index (χ3n) is 2.52. The molecule has 0 radical (unpaired) electrons. The molecule has 0 aliphatic heterocycles. The maximum atomic E-state index is 11.0. The molecular formula is C11H14N2O2. The van der Waals surface area contributed by atoms with Gasteiger partial charge >= 0.3 is 6.01 Å². The largest absolute Gasteiger partial charge is 0.460 e. The van der Waals surface area contributed by atoms with Crippen molar-refractivity contribution in [2.45, 2.75) is 38.7 Å². The van der Waals surface area contributed by atoms with Gasteiger partial charge < -0.3 is 4.74 Å². The van der Waals surface area contributed by atoms with Crippen molar-refractivity contribution in [1.82, 2.24) is 9.97 Å². The number of rotatable bonds is 2. The summed E-state index contributed by atoms with van der Waals surface area (Å²) in [6.07, 6.45) is 6.39. The van der Waals surface area contributed by atoms with E-state index in [4.69, 9.17) is 4.74 Å². The van der Waals surface area contributed by atoms with E-state index in [9.17, 15) is 4.79 Å². The van der Waals surface area contributed by atoms with Crippen LogP contribution in [0.4, 0.5) is 0 Å². The van der Waals surface area contributed by atoms with Crippen molar-refractivity contribution in [2.75, 3.05) is 0 Å². The smallest absolute Gasteiger partial charge is 0.316 e. The lowest BCUT2D eigenvalue weighted by atomic mass is 9.97. The highest BCUT2D eigenvalue weighted by molar-refractivity contribution is 5.79. The molecule has 0 saturated heterocycles. The van der Waals surface area contributed by atoms with E-state index in [1.807, 2.05) is 6.92 Å². The van der Waals surface area contributed by atoms with Crippen LogP contribution >= 0.6 is 0 Å². The summed E-state index contributed by atoms with van der Waals surface area (Å²) in [7, 11) is 0. The number of aryl methyl sites for hydroxylation is 1. The molecule has 0 atom stereocenters. The van der Waals surface area contributed by atoms with Gasteiger partial charge in [-0.25, -0.2) is 9.97 Å². The molecule has 0 spiro atoms. The topological polar surface area (TPSA) is 52.1 Å². The van der Waals surface area contributed by atoms with E-state index in [-0.39, 0.29) is 6.10 Å². The average Bonchev–Trinajstić information content (AvgIpc) is 2.25. The van der Waals surface area contributed by atoms with Crippen LogP contribution in [0.5, 0.6) is 6.01 Å². The Morgan fingerprint density at radius 2 is 1.87 bits per heavy atom. The Hall–Kier alpha value is -1.45. The van der Waals surface area contributed by atoms with Crippen LogP contribution in [0.1, 0.15) is 31.2 Å². The zero-order chi connectivity index (χ0) is 10.7. The Morgan fingerprint density at radius 3 is 2.47 bits per heavy atom. The summed E-state index contributed by atoms with van der Waals surface area (Å²) in [5.74, 6) is 0.333. The number of aromatic nitrogens is 2. The van der Waals surface area contributed by atoms with Gasteiger partial charge in [0.15, 0.2) is 0 Å². The molecule has 1 aromatic heterocycles. The SMILES string of the molecule is Cc1cnc(OC2CCC(=O)CC2)nc1. The van der Waals surface area contributed by atoms with E-state index in [1.54, 1.807) is 12.4 Å². The first-order valence-corrected chi connectivity index (χ1v) is 5.21. The van der Waals surface area contributed by atoms with Gasteiger partial charge in [0.05, 0.1) is 0 Å². The predicted molar refractivity (Wildman–Crippen MR) is 54.7 cm³/mol. The summed E-state index contributed by atoms with van der Waals surface area (Å²) in [5, 5.41) is 0. The van der Waals surface area contributed by atoms with Crippen molar-refractivity contribution in [2.24, 2.45) is 0 Å². The second-order valence-electron chi connectivity index (χ2n) is 3.90. The standard InChI is InChI=1S/C11H14N2O2/c1-8-6-12-11(13-7-8)15-10-4-2-9(14)3-5-10/h6-7,10H,2-5H2,1H3. The molecule has 0 bridgehead atoms. The molecule has 1 aliphatic rings. The molecule has 0 amide bonds. The fourth-order valence-electron chi connectivity index (χ4n) is 1.62. The highest BCUT2D eigenvalue weighted by Crippen LogP contribution is 2.19. The minimum Gasteiger partial charge on any atom is -0.460 e. The monoisotopic (exact) mass is 206 g/mol. The molecule has 0 N–H and O–H groups in total. The fourth-order valence-corrected chi connectivity index (χ4v) is 1.62. The molecule has 1 heterocycles. The number of hydrogen-bond acceptors (Lipinski definition) is 4. The van der Waals surface area contributed by atoms with E-state index in [0.717, 1.165) is 18.4 Å². The Labute approximate surface area is 88.7 Å². The maximum Gasteiger partial charge on any atom is 0.316 e. The zero-order valence-electron chi connectivity index (χ0n) is 8.77. The van der Waals surface area contributed by atoms with Crippen LogP contribution in [0.2, 0.25) is 0 Å². The van der Waals surface area contributed by atoms with Gasteiger partial charge in [-0.3, -0.25) is 4.79 Å². The second kappa shape index (κ2) is 4.38. The third kappa shape index (κ3) is 2.75. The van der Waals surface area contributed by atoms with E-state index in [2.05, 4.69) is 9.97 Å². The molecule has 1 saturated carbocycles. The van der Waals surface area contributed by atoms with Gasteiger partial charge in [-0.15, -0.1) is 0 Å². The van der Waals surface area contributed by atoms with Gasteiger partial charge in [-0.2, -0.15) is 0 Å². The predicted octanol–water partition coefficient (Wildman–Crippen LogP) is 1.68. The Kier molecular flexibility index (Phi) is 2.94. The number of hydrogen-bond donors (Lipinski definition) is 0. The van der Waals surface area contributed by atoms with Gasteiger partial charge in [0, 0.05) is 25.2 Å². The lowest BCUT2D eigenvalue weighted by Crippen LogP contribution is -2.24. The van der Waals surface area contributed by atoms with Crippen molar-refractivity contribution < 1.29 is 9.53 Å². The van der Waals surface area contributed by atoms with E-state index < -0.39 is 0 Å². The van der Waals surface area contributed by atoms with E-state index >= 15 is 0 Å². The molecular weight excluding hydrogens is 192 g/mol. The molecule has 0 unspecified atom stereocenters. The van der Waals surface area contributed by atoms with Crippen LogP contribution in [-0.2, 0) is 4.79 Å². The van der Waals surface area contributed by atoms with Gasteiger partial charge in [-0.05, 0) is 25.3 Å². The number of Topliss-reactive ketones (excluding diaryl/α,β-unsaturated/α-hetero) is 1. The lowest BCUT2D eigenvalue weighted by molar-refractivity contribution is -0.121. The quantitative estimate of drug-likeness (QED) is 0.738. The van der Waals surface area contributed by atoms with E-state index in [1.165, 1.54) is 0 Å². The first-order valence-electron chi connectivity index (χ1n) is 5.21. The molecule has 1 fully saturated rings. The number of ketones is 1. The Balaban J connectivity index is 1.91. The fraction of sp³-hybridized carbons (Fsp3) is 0.545. The average molecular weight is 206 g/mol. The van der Waals surface area contributed by atoms with Crippen LogP contribution < -0.4 is 4.74 Å². The van der Waals surface area contributed by atoms with E-state index in [0.29, 0.717) is 24.6 Å². The summed E-state index contributed by atoms with van der Waals surface area (Å²) >= 11 is 0. The van der Waals surface area contributed by atoms with Crippen LogP contribution in [0, 0.1) is 6.92 Å². The first-order chi connectivity index (χ1) is 7.24. The first kappa shape index (κ1) is 10.1. The normalized spacial score (nSPS) is 17.8. The number of carbonyl (C=O) groups is 1. The van der Waals surface area contributed by atoms with Crippen molar-refractivity contribution in [1.29, 1.82) is 0 Å². The van der Waals surface area contributed by atoms with Crippen molar-refractivity contribution in [3.8, 4) is 6.01 Å². The Bertz CT molecular complexity index is 338. The minimum atomic E-state index is 0.102. The summed E-state index contributed by atoms with van der Waals surface area (Å²) in [5.41, 5.74) is 1.01. The molecule has 1 aliphatic carbocycles. The third-order valence-corrected chi connectivity index (χ3v) is 2.52. The van der Waals surface area contributed by atoms with Crippen LogP contribution in [0.15, 0.2) is 12.4 Å². The highest BCUT2D eigenvalue weighted by Gasteiger charge is 2.20. The molecule has 1 aromatic rings. The van der Waals surface area contributed by atoms with Gasteiger partial charge in [-0.1, -0.05) is 0 Å². The number of nitrogens with zero attached hydrogens (tertiary/aromatic N) is 2. The number of ether oxygens (including phenoxy) is 1. The van der Waals surface area contributed by atoms with Gasteiger partial charge in [0.2, 0.25) is 0 Å². The molecule has 15 heavy (non-hydrogen) atoms.